The van der Waals surface area contributed by atoms with Crippen molar-refractivity contribution in [2.24, 2.45) is 7.05 Å². The zero-order valence-corrected chi connectivity index (χ0v) is 14.7. The molecule has 1 fully saturated rings. The molecule has 126 valence electrons. The maximum atomic E-state index is 6.41. The summed E-state index contributed by atoms with van der Waals surface area (Å²) in [6, 6.07) is 5.98. The molecule has 0 saturated carbocycles. The first-order valence-electron chi connectivity index (χ1n) is 8.33. The Morgan fingerprint density at radius 2 is 2.08 bits per heavy atom. The largest absolute Gasteiger partial charge is 0.297 e. The molecule has 0 amide bonds. The number of piperidine rings is 1. The predicted molar refractivity (Wildman–Crippen MR) is 94.1 cm³/mol. The molecule has 1 aliphatic rings. The number of aromatic amines is 1. The second-order valence-electron chi connectivity index (χ2n) is 6.53. The van der Waals surface area contributed by atoms with Crippen molar-refractivity contribution in [2.75, 3.05) is 13.1 Å². The third-order valence-corrected chi connectivity index (χ3v) is 5.16. The van der Waals surface area contributed by atoms with Gasteiger partial charge in [-0.3, -0.25) is 14.7 Å². The highest BCUT2D eigenvalue weighted by Crippen LogP contribution is 2.30. The number of benzene rings is 1. The third-order valence-electron chi connectivity index (χ3n) is 4.84. The molecule has 0 radical (unpaired) electrons. The van der Waals surface area contributed by atoms with Crippen LogP contribution in [0.5, 0.6) is 0 Å². The van der Waals surface area contributed by atoms with Crippen molar-refractivity contribution in [1.82, 2.24) is 29.9 Å². The molecule has 1 aromatic carbocycles. The van der Waals surface area contributed by atoms with E-state index in [0.29, 0.717) is 5.92 Å². The molecule has 1 N–H and O–H groups in total. The van der Waals surface area contributed by atoms with Crippen molar-refractivity contribution in [2.45, 2.75) is 32.2 Å². The molecule has 3 heterocycles. The Kier molecular flexibility index (Phi) is 4.02. The summed E-state index contributed by atoms with van der Waals surface area (Å²) in [5.41, 5.74) is 2.15. The minimum absolute atomic E-state index is 0.454. The maximum Gasteiger partial charge on any atom is 0.153 e. The summed E-state index contributed by atoms with van der Waals surface area (Å²) in [5, 5.41) is 13.8. The normalized spacial score (nSPS) is 17.0. The van der Waals surface area contributed by atoms with Crippen molar-refractivity contribution in [3.8, 4) is 0 Å². The van der Waals surface area contributed by atoms with Crippen molar-refractivity contribution < 1.29 is 0 Å². The van der Waals surface area contributed by atoms with Gasteiger partial charge in [0.15, 0.2) is 5.82 Å². The average molecular weight is 345 g/mol. The summed E-state index contributed by atoms with van der Waals surface area (Å²) in [6.45, 7) is 4.84. The van der Waals surface area contributed by atoms with Gasteiger partial charge < -0.3 is 0 Å². The number of aromatic nitrogens is 5. The van der Waals surface area contributed by atoms with E-state index in [1.165, 1.54) is 0 Å². The fourth-order valence-electron chi connectivity index (χ4n) is 3.57. The van der Waals surface area contributed by atoms with Crippen LogP contribution in [0.25, 0.3) is 10.9 Å². The second kappa shape index (κ2) is 6.18. The van der Waals surface area contributed by atoms with Crippen LogP contribution in [0.4, 0.5) is 0 Å². The Morgan fingerprint density at radius 3 is 2.79 bits per heavy atom. The molecule has 0 bridgehead atoms. The third kappa shape index (κ3) is 2.80. The molecule has 1 saturated heterocycles. The minimum Gasteiger partial charge on any atom is -0.297 e. The van der Waals surface area contributed by atoms with Gasteiger partial charge in [0, 0.05) is 24.9 Å². The minimum atomic E-state index is 0.454. The van der Waals surface area contributed by atoms with E-state index in [-0.39, 0.29) is 0 Å². The highest BCUT2D eigenvalue weighted by molar-refractivity contribution is 6.35. The summed E-state index contributed by atoms with van der Waals surface area (Å²) in [7, 11) is 1.97. The zero-order valence-electron chi connectivity index (χ0n) is 14.0. The number of nitrogens with one attached hydrogen (secondary N) is 1. The lowest BCUT2D eigenvalue weighted by Gasteiger charge is -2.30. The molecule has 3 aromatic rings. The molecule has 4 rings (SSSR count). The lowest BCUT2D eigenvalue weighted by molar-refractivity contribution is 0.200. The number of fused-ring (bicyclic) bond motifs is 1. The van der Waals surface area contributed by atoms with Gasteiger partial charge in [0.05, 0.1) is 16.2 Å². The summed E-state index contributed by atoms with van der Waals surface area (Å²) in [4.78, 5) is 6.93. The van der Waals surface area contributed by atoms with E-state index in [1.54, 1.807) is 0 Å². The van der Waals surface area contributed by atoms with Gasteiger partial charge in [0.25, 0.3) is 0 Å². The molecule has 2 aromatic heterocycles. The molecule has 0 spiro atoms. The summed E-state index contributed by atoms with van der Waals surface area (Å²) >= 11 is 6.41. The number of rotatable bonds is 3. The standard InChI is InChI=1S/C17H21ClN6/c1-11-19-17(21-20-11)12-6-8-24(9-7-12)10-14-16-13(18)4-3-5-15(16)23(2)22-14/h3-5,12H,6-10H2,1-2H3,(H,19,20,21). The summed E-state index contributed by atoms with van der Waals surface area (Å²) < 4.78 is 1.92. The molecule has 7 heteroatoms. The van der Waals surface area contributed by atoms with Crippen molar-refractivity contribution in [1.29, 1.82) is 0 Å². The number of aryl methyl sites for hydroxylation is 2. The van der Waals surface area contributed by atoms with Crippen LogP contribution < -0.4 is 0 Å². The van der Waals surface area contributed by atoms with Gasteiger partial charge in [0.2, 0.25) is 0 Å². The van der Waals surface area contributed by atoms with E-state index >= 15 is 0 Å². The maximum absolute atomic E-state index is 6.41. The van der Waals surface area contributed by atoms with Gasteiger partial charge in [-0.1, -0.05) is 17.7 Å². The summed E-state index contributed by atoms with van der Waals surface area (Å²) in [6.07, 6.45) is 2.16. The average Bonchev–Trinajstić information content (AvgIpc) is 3.14. The van der Waals surface area contributed by atoms with Gasteiger partial charge in [-0.2, -0.15) is 10.2 Å². The van der Waals surface area contributed by atoms with E-state index < -0.39 is 0 Å². The molecule has 24 heavy (non-hydrogen) atoms. The van der Waals surface area contributed by atoms with Crippen LogP contribution >= 0.6 is 11.6 Å². The summed E-state index contributed by atoms with van der Waals surface area (Å²) in [5.74, 6) is 2.30. The first-order valence-corrected chi connectivity index (χ1v) is 8.71. The number of hydrogen-bond acceptors (Lipinski definition) is 4. The van der Waals surface area contributed by atoms with Crippen LogP contribution in [0.1, 0.15) is 36.1 Å². The van der Waals surface area contributed by atoms with Crippen molar-refractivity contribution in [3.63, 3.8) is 0 Å². The van der Waals surface area contributed by atoms with E-state index in [0.717, 1.165) is 65.7 Å². The Balaban J connectivity index is 1.48. The molecular formula is C17H21ClN6. The molecule has 6 nitrogen and oxygen atoms in total. The molecule has 1 aliphatic heterocycles. The van der Waals surface area contributed by atoms with Gasteiger partial charge in [-0.25, -0.2) is 4.98 Å². The number of likely N-dealkylation sites (tertiary alicyclic amines) is 1. The van der Waals surface area contributed by atoms with Gasteiger partial charge in [0.1, 0.15) is 5.82 Å². The number of hydrogen-bond donors (Lipinski definition) is 1. The smallest absolute Gasteiger partial charge is 0.153 e. The topological polar surface area (TPSA) is 62.6 Å². The quantitative estimate of drug-likeness (QED) is 0.793. The molecular weight excluding hydrogens is 324 g/mol. The number of H-pyrrole nitrogens is 1. The SMILES string of the molecule is Cc1nc(C2CCN(Cc3nn(C)c4cccc(Cl)c34)CC2)n[nH]1. The van der Waals surface area contributed by atoms with Gasteiger partial charge >= 0.3 is 0 Å². The highest BCUT2D eigenvalue weighted by atomic mass is 35.5. The Hall–Kier alpha value is -1.92. The number of halogens is 1. The van der Waals surface area contributed by atoms with Crippen molar-refractivity contribution >= 4 is 22.5 Å². The van der Waals surface area contributed by atoms with Crippen LogP contribution in [-0.4, -0.2) is 43.0 Å². The van der Waals surface area contributed by atoms with Crippen LogP contribution in [0.2, 0.25) is 5.02 Å². The van der Waals surface area contributed by atoms with E-state index in [2.05, 4.69) is 31.2 Å². The van der Waals surface area contributed by atoms with Gasteiger partial charge in [-0.15, -0.1) is 0 Å². The van der Waals surface area contributed by atoms with Gasteiger partial charge in [-0.05, 0) is 45.0 Å². The van der Waals surface area contributed by atoms with Crippen LogP contribution in [0.3, 0.4) is 0 Å². The molecule has 0 unspecified atom stereocenters. The number of nitrogens with zero attached hydrogens (tertiary/aromatic N) is 5. The molecule has 0 atom stereocenters. The Labute approximate surface area is 145 Å². The monoisotopic (exact) mass is 344 g/mol. The van der Waals surface area contributed by atoms with E-state index in [4.69, 9.17) is 11.6 Å². The zero-order chi connectivity index (χ0) is 16.7. The fourth-order valence-corrected chi connectivity index (χ4v) is 3.85. The van der Waals surface area contributed by atoms with Crippen LogP contribution in [-0.2, 0) is 13.6 Å². The lowest BCUT2D eigenvalue weighted by atomic mass is 9.96. The first kappa shape index (κ1) is 15.6. The first-order chi connectivity index (χ1) is 11.6. The van der Waals surface area contributed by atoms with E-state index in [9.17, 15) is 0 Å². The Morgan fingerprint density at radius 1 is 1.29 bits per heavy atom. The second-order valence-corrected chi connectivity index (χ2v) is 6.94. The predicted octanol–water partition coefficient (Wildman–Crippen LogP) is 3.03. The van der Waals surface area contributed by atoms with Crippen molar-refractivity contribution in [3.05, 3.63) is 40.6 Å². The Bertz CT molecular complexity index is 859. The van der Waals surface area contributed by atoms with Crippen LogP contribution in [0, 0.1) is 6.92 Å². The molecule has 0 aliphatic carbocycles. The highest BCUT2D eigenvalue weighted by Gasteiger charge is 2.24. The fraction of sp³-hybridized carbons (Fsp3) is 0.471. The lowest BCUT2D eigenvalue weighted by Crippen LogP contribution is -2.33. The van der Waals surface area contributed by atoms with E-state index in [1.807, 2.05) is 30.8 Å². The van der Waals surface area contributed by atoms with Crippen LogP contribution in [0.15, 0.2) is 18.2 Å².